The average Bonchev–Trinajstić information content (AvgIpc) is 2.98. The highest BCUT2D eigenvalue weighted by molar-refractivity contribution is 6.39. The van der Waals surface area contributed by atoms with Gasteiger partial charge in [-0.05, 0) is 81.2 Å². The minimum Gasteiger partial charge on any atom is -0.481 e. The van der Waals surface area contributed by atoms with Crippen molar-refractivity contribution in [2.45, 2.75) is 32.6 Å². The molecular weight excluding hydrogens is 552 g/mol. The Kier molecular flexibility index (Phi) is 6.76. The summed E-state index contributed by atoms with van der Waals surface area (Å²) in [5.74, 6) is -3.47. The molecular formula is C33H26N2O8. The van der Waals surface area contributed by atoms with Crippen molar-refractivity contribution in [2.75, 3.05) is 13.1 Å². The van der Waals surface area contributed by atoms with Gasteiger partial charge in [-0.2, -0.15) is 0 Å². The Morgan fingerprint density at radius 2 is 1.23 bits per heavy atom. The molecule has 0 saturated heterocycles. The van der Waals surface area contributed by atoms with Gasteiger partial charge in [0.25, 0.3) is 17.7 Å². The molecule has 0 radical (unpaired) electrons. The van der Waals surface area contributed by atoms with E-state index in [0.717, 1.165) is 47.7 Å². The zero-order valence-electron chi connectivity index (χ0n) is 23.2. The van der Waals surface area contributed by atoms with Crippen LogP contribution in [0, 0.1) is 6.92 Å². The molecule has 1 heterocycles. The second-order valence-corrected chi connectivity index (χ2v) is 10.8. The summed E-state index contributed by atoms with van der Waals surface area (Å²) in [6.07, 6.45) is 0.379. The molecule has 5 aromatic rings. The van der Waals surface area contributed by atoms with Crippen LogP contribution in [0.3, 0.4) is 0 Å². The van der Waals surface area contributed by atoms with Gasteiger partial charge < -0.3 is 10.2 Å². The Morgan fingerprint density at radius 3 is 1.79 bits per heavy atom. The highest BCUT2D eigenvalue weighted by atomic mass is 16.4. The normalized spacial score (nSPS) is 13.0. The van der Waals surface area contributed by atoms with Gasteiger partial charge in [0.1, 0.15) is 0 Å². The van der Waals surface area contributed by atoms with Crippen LogP contribution in [-0.4, -0.2) is 69.2 Å². The van der Waals surface area contributed by atoms with Gasteiger partial charge in [0.15, 0.2) is 0 Å². The van der Waals surface area contributed by atoms with Gasteiger partial charge in [0, 0.05) is 48.0 Å². The number of hydrogen-bond acceptors (Lipinski definition) is 6. The zero-order valence-corrected chi connectivity index (χ0v) is 23.2. The van der Waals surface area contributed by atoms with Crippen molar-refractivity contribution >= 4 is 79.2 Å². The summed E-state index contributed by atoms with van der Waals surface area (Å²) in [5, 5.41) is 24.0. The van der Waals surface area contributed by atoms with E-state index in [1.165, 1.54) is 0 Å². The highest BCUT2D eigenvalue weighted by Gasteiger charge is 2.34. The fourth-order valence-electron chi connectivity index (χ4n) is 6.33. The molecule has 1 aliphatic heterocycles. The molecule has 0 aliphatic carbocycles. The first-order valence-corrected chi connectivity index (χ1v) is 13.9. The fourth-order valence-corrected chi connectivity index (χ4v) is 6.33. The molecule has 10 nitrogen and oxygen atoms in total. The van der Waals surface area contributed by atoms with E-state index in [1.54, 1.807) is 24.3 Å². The average molecular weight is 579 g/mol. The minimum absolute atomic E-state index is 0.000734. The maximum Gasteiger partial charge on any atom is 0.303 e. The first-order valence-electron chi connectivity index (χ1n) is 13.9. The summed E-state index contributed by atoms with van der Waals surface area (Å²) in [7, 11) is 0. The molecule has 0 bridgehead atoms. The second kappa shape index (κ2) is 10.5. The standard InChI is InChI=1S/C33H26N2O8/c1-17-6-7-18-20-9-12-23-30-24(33(43)35(32(23)42)15-3-5-26(39)40)13-10-21(29(20)30)19-8-11-22(27(17)28(18)19)31(41)34(16-36)14-2-4-25(37)38/h6-13,16H,2-5,14-15H2,1H3,(H,37,38)(H,39,40). The molecule has 43 heavy (non-hydrogen) atoms. The molecule has 216 valence electrons. The van der Waals surface area contributed by atoms with Crippen molar-refractivity contribution < 1.29 is 39.0 Å². The molecule has 0 saturated carbocycles. The largest absolute Gasteiger partial charge is 0.481 e. The number of nitrogens with zero attached hydrogens (tertiary/aromatic N) is 2. The third-order valence-corrected chi connectivity index (χ3v) is 8.24. The van der Waals surface area contributed by atoms with Crippen LogP contribution in [0.15, 0.2) is 48.5 Å². The van der Waals surface area contributed by atoms with Crippen LogP contribution < -0.4 is 0 Å². The number of carbonyl (C=O) groups is 6. The molecule has 4 amide bonds. The van der Waals surface area contributed by atoms with E-state index < -0.39 is 29.7 Å². The fraction of sp³-hybridized carbons (Fsp3) is 0.212. The Hall–Kier alpha value is -5.38. The number of aliphatic carboxylic acids is 2. The number of imide groups is 2. The van der Waals surface area contributed by atoms with Gasteiger partial charge in [-0.1, -0.05) is 30.3 Å². The van der Waals surface area contributed by atoms with Crippen molar-refractivity contribution in [3.63, 3.8) is 0 Å². The Morgan fingerprint density at radius 1 is 0.721 bits per heavy atom. The van der Waals surface area contributed by atoms with E-state index in [4.69, 9.17) is 10.2 Å². The van der Waals surface area contributed by atoms with Gasteiger partial charge in [0.05, 0.1) is 0 Å². The van der Waals surface area contributed by atoms with E-state index in [0.29, 0.717) is 33.9 Å². The monoisotopic (exact) mass is 578 g/mol. The van der Waals surface area contributed by atoms with Crippen LogP contribution in [-0.2, 0) is 14.4 Å². The van der Waals surface area contributed by atoms with Crippen LogP contribution >= 0.6 is 0 Å². The van der Waals surface area contributed by atoms with Gasteiger partial charge in [-0.15, -0.1) is 0 Å². The molecule has 0 aromatic heterocycles. The number of carbonyl (C=O) groups excluding carboxylic acids is 4. The number of amides is 4. The first-order chi connectivity index (χ1) is 20.6. The molecule has 6 rings (SSSR count). The number of carboxylic acid groups (broad SMARTS) is 2. The van der Waals surface area contributed by atoms with Crippen molar-refractivity contribution in [2.24, 2.45) is 0 Å². The summed E-state index contributed by atoms with van der Waals surface area (Å²) in [6.45, 7) is 1.85. The smallest absolute Gasteiger partial charge is 0.303 e. The number of fused-ring (bicyclic) bond motifs is 2. The Bertz CT molecular complexity index is 1980. The SMILES string of the molecule is Cc1ccc2c3ccc4c5c(ccc(c6ccc(C(=O)N(C=O)CCCC(=O)O)c1c26)c53)C(=O)N(CCCC(=O)O)C4=O. The van der Waals surface area contributed by atoms with E-state index in [2.05, 4.69) is 0 Å². The topological polar surface area (TPSA) is 149 Å². The van der Waals surface area contributed by atoms with E-state index >= 15 is 0 Å². The predicted octanol–water partition coefficient (Wildman–Crippen LogP) is 4.97. The quantitative estimate of drug-likeness (QED) is 0.102. The summed E-state index contributed by atoms with van der Waals surface area (Å²) in [6, 6.07) is 14.3. The maximum absolute atomic E-state index is 13.6. The van der Waals surface area contributed by atoms with Crippen molar-refractivity contribution in [1.29, 1.82) is 0 Å². The zero-order chi connectivity index (χ0) is 30.6. The maximum atomic E-state index is 13.6. The number of carboxylic acids is 2. The molecule has 2 N–H and O–H groups in total. The van der Waals surface area contributed by atoms with Gasteiger partial charge in [-0.25, -0.2) is 0 Å². The molecule has 0 spiro atoms. The lowest BCUT2D eigenvalue weighted by Crippen LogP contribution is -2.41. The Labute approximate surface area is 244 Å². The van der Waals surface area contributed by atoms with E-state index in [9.17, 15) is 28.8 Å². The lowest BCUT2D eigenvalue weighted by molar-refractivity contribution is -0.138. The molecule has 10 heteroatoms. The number of hydrogen-bond donors (Lipinski definition) is 2. The van der Waals surface area contributed by atoms with Crippen LogP contribution in [0.5, 0.6) is 0 Å². The minimum atomic E-state index is -1.01. The predicted molar refractivity (Wildman–Crippen MR) is 159 cm³/mol. The third kappa shape index (κ3) is 4.34. The van der Waals surface area contributed by atoms with Crippen LogP contribution in [0.1, 0.15) is 62.3 Å². The number of benzene rings is 5. The van der Waals surface area contributed by atoms with Crippen molar-refractivity contribution in [3.05, 3.63) is 70.8 Å². The van der Waals surface area contributed by atoms with Crippen LogP contribution in [0.4, 0.5) is 0 Å². The summed E-state index contributed by atoms with van der Waals surface area (Å²) < 4.78 is 0. The molecule has 5 aromatic carbocycles. The third-order valence-electron chi connectivity index (χ3n) is 8.24. The lowest BCUT2D eigenvalue weighted by Gasteiger charge is -2.28. The second-order valence-electron chi connectivity index (χ2n) is 10.8. The molecule has 0 unspecified atom stereocenters. The molecule has 0 atom stereocenters. The molecule has 1 aliphatic rings. The lowest BCUT2D eigenvalue weighted by atomic mass is 9.83. The van der Waals surface area contributed by atoms with Crippen molar-refractivity contribution in [3.8, 4) is 0 Å². The molecule has 0 fully saturated rings. The van der Waals surface area contributed by atoms with E-state index in [1.807, 2.05) is 31.2 Å². The summed E-state index contributed by atoms with van der Waals surface area (Å²) >= 11 is 0. The van der Waals surface area contributed by atoms with E-state index in [-0.39, 0.29) is 38.8 Å². The van der Waals surface area contributed by atoms with Crippen molar-refractivity contribution in [1.82, 2.24) is 9.80 Å². The van der Waals surface area contributed by atoms with Gasteiger partial charge in [-0.3, -0.25) is 38.6 Å². The summed E-state index contributed by atoms with van der Waals surface area (Å²) in [4.78, 5) is 76.4. The highest BCUT2D eigenvalue weighted by Crippen LogP contribution is 2.45. The summed E-state index contributed by atoms with van der Waals surface area (Å²) in [5.41, 5.74) is 1.87. The van der Waals surface area contributed by atoms with Gasteiger partial charge >= 0.3 is 11.9 Å². The first kappa shape index (κ1) is 27.8. The Balaban J connectivity index is 1.54. The van der Waals surface area contributed by atoms with Crippen LogP contribution in [0.25, 0.3) is 43.1 Å². The van der Waals surface area contributed by atoms with Gasteiger partial charge in [0.2, 0.25) is 6.41 Å². The number of rotatable bonds is 10. The van der Waals surface area contributed by atoms with Crippen LogP contribution in [0.2, 0.25) is 0 Å². The number of aryl methyl sites for hydroxylation is 1.